The summed E-state index contributed by atoms with van der Waals surface area (Å²) in [5.41, 5.74) is 3.59. The number of aromatic amines is 1. The summed E-state index contributed by atoms with van der Waals surface area (Å²) in [6, 6.07) is 19.2. The number of rotatable bonds is 7. The smallest absolute Gasteiger partial charge is 0.288 e. The van der Waals surface area contributed by atoms with E-state index in [0.29, 0.717) is 5.76 Å². The maximum atomic E-state index is 13.0. The Balaban J connectivity index is 1.61. The van der Waals surface area contributed by atoms with E-state index in [1.165, 1.54) is 0 Å². The lowest BCUT2D eigenvalue weighted by molar-refractivity contribution is 0.0907. The molecule has 0 saturated heterocycles. The molecule has 1 amide bonds. The van der Waals surface area contributed by atoms with Crippen molar-refractivity contribution in [1.82, 2.24) is 15.3 Å². The molecule has 4 aromatic rings. The third-order valence-electron chi connectivity index (χ3n) is 4.61. The summed E-state index contributed by atoms with van der Waals surface area (Å²) in [5, 5.41) is 3.10. The van der Waals surface area contributed by atoms with Crippen molar-refractivity contribution >= 4 is 28.7 Å². The minimum absolute atomic E-state index is 0.221. The SMILES string of the molecule is CSCC[C@H](NC(=O)c1occc1-c1ccccc1)c1nc2ccccc2[nH]1. The Kier molecular flexibility index (Phi) is 5.48. The van der Waals surface area contributed by atoms with Gasteiger partial charge in [0, 0.05) is 5.56 Å². The van der Waals surface area contributed by atoms with Crippen LogP contribution in [0.25, 0.3) is 22.2 Å². The van der Waals surface area contributed by atoms with E-state index in [1.54, 1.807) is 18.0 Å². The lowest BCUT2D eigenvalue weighted by Gasteiger charge is -2.16. The Morgan fingerprint density at radius 3 is 2.71 bits per heavy atom. The van der Waals surface area contributed by atoms with Crippen LogP contribution in [0.4, 0.5) is 0 Å². The van der Waals surface area contributed by atoms with Gasteiger partial charge in [0.2, 0.25) is 0 Å². The van der Waals surface area contributed by atoms with E-state index in [0.717, 1.165) is 40.2 Å². The zero-order chi connectivity index (χ0) is 19.3. The molecule has 4 rings (SSSR count). The molecular weight excluding hydrogens is 370 g/mol. The van der Waals surface area contributed by atoms with Crippen LogP contribution in [-0.4, -0.2) is 27.9 Å². The van der Waals surface area contributed by atoms with Crippen molar-refractivity contribution in [1.29, 1.82) is 0 Å². The van der Waals surface area contributed by atoms with E-state index in [4.69, 9.17) is 4.42 Å². The van der Waals surface area contributed by atoms with Crippen molar-refractivity contribution in [2.75, 3.05) is 12.0 Å². The number of benzene rings is 2. The van der Waals surface area contributed by atoms with Gasteiger partial charge in [-0.2, -0.15) is 11.8 Å². The molecule has 6 heteroatoms. The minimum atomic E-state index is -0.240. The summed E-state index contributed by atoms with van der Waals surface area (Å²) in [7, 11) is 0. The Hall–Kier alpha value is -2.99. The number of fused-ring (bicyclic) bond motifs is 1. The second-order valence-corrected chi connectivity index (χ2v) is 7.46. The molecule has 142 valence electrons. The predicted molar refractivity (Wildman–Crippen MR) is 113 cm³/mol. The minimum Gasteiger partial charge on any atom is -0.459 e. The molecule has 0 unspecified atom stereocenters. The van der Waals surface area contributed by atoms with Gasteiger partial charge in [0.05, 0.1) is 23.3 Å². The number of carbonyl (C=O) groups is 1. The fourth-order valence-corrected chi connectivity index (χ4v) is 3.68. The molecule has 2 aromatic heterocycles. The second kappa shape index (κ2) is 8.35. The Morgan fingerprint density at radius 2 is 1.93 bits per heavy atom. The van der Waals surface area contributed by atoms with E-state index in [2.05, 4.69) is 21.5 Å². The van der Waals surface area contributed by atoms with Crippen molar-refractivity contribution in [3.05, 3.63) is 78.5 Å². The molecule has 2 N–H and O–H groups in total. The third-order valence-corrected chi connectivity index (χ3v) is 5.25. The monoisotopic (exact) mass is 391 g/mol. The topological polar surface area (TPSA) is 70.9 Å². The van der Waals surface area contributed by atoms with Gasteiger partial charge >= 0.3 is 0 Å². The highest BCUT2D eigenvalue weighted by molar-refractivity contribution is 7.98. The molecule has 1 atom stereocenters. The average molecular weight is 391 g/mol. The number of hydrogen-bond acceptors (Lipinski definition) is 4. The normalized spacial score (nSPS) is 12.2. The Morgan fingerprint density at radius 1 is 1.14 bits per heavy atom. The van der Waals surface area contributed by atoms with Crippen LogP contribution in [0.3, 0.4) is 0 Å². The number of hydrogen-bond donors (Lipinski definition) is 2. The van der Waals surface area contributed by atoms with Gasteiger partial charge in [-0.1, -0.05) is 42.5 Å². The number of amides is 1. The van der Waals surface area contributed by atoms with Gasteiger partial charge in [0.1, 0.15) is 5.82 Å². The van der Waals surface area contributed by atoms with Gasteiger partial charge in [-0.3, -0.25) is 4.79 Å². The molecule has 0 aliphatic heterocycles. The van der Waals surface area contributed by atoms with Gasteiger partial charge in [0.15, 0.2) is 5.76 Å². The van der Waals surface area contributed by atoms with Gasteiger partial charge in [-0.05, 0) is 42.2 Å². The second-order valence-electron chi connectivity index (χ2n) is 6.48. The number of para-hydroxylation sites is 2. The number of imidazole rings is 1. The first kappa shape index (κ1) is 18.4. The van der Waals surface area contributed by atoms with Crippen LogP contribution in [0.15, 0.2) is 71.3 Å². The number of carbonyl (C=O) groups excluding carboxylic acids is 1. The first-order valence-electron chi connectivity index (χ1n) is 9.13. The Labute approximate surface area is 167 Å². The van der Waals surface area contributed by atoms with Crippen LogP contribution in [0.5, 0.6) is 0 Å². The van der Waals surface area contributed by atoms with Crippen molar-refractivity contribution in [2.24, 2.45) is 0 Å². The summed E-state index contributed by atoms with van der Waals surface area (Å²) in [5.74, 6) is 1.74. The van der Waals surface area contributed by atoms with Crippen LogP contribution in [-0.2, 0) is 0 Å². The van der Waals surface area contributed by atoms with E-state index in [9.17, 15) is 4.79 Å². The van der Waals surface area contributed by atoms with E-state index in [1.807, 2.05) is 60.7 Å². The number of aromatic nitrogens is 2. The zero-order valence-electron chi connectivity index (χ0n) is 15.5. The van der Waals surface area contributed by atoms with Gasteiger partial charge in [-0.25, -0.2) is 4.98 Å². The van der Waals surface area contributed by atoms with Crippen LogP contribution >= 0.6 is 11.8 Å². The molecule has 0 bridgehead atoms. The molecule has 0 aliphatic rings. The van der Waals surface area contributed by atoms with Crippen LogP contribution < -0.4 is 5.32 Å². The molecular formula is C22H21N3O2S. The zero-order valence-corrected chi connectivity index (χ0v) is 16.3. The quantitative estimate of drug-likeness (QED) is 0.463. The van der Waals surface area contributed by atoms with Crippen LogP contribution in [0.2, 0.25) is 0 Å². The van der Waals surface area contributed by atoms with E-state index in [-0.39, 0.29) is 11.9 Å². The summed E-state index contributed by atoms with van der Waals surface area (Å²) >= 11 is 1.74. The lowest BCUT2D eigenvalue weighted by atomic mass is 10.1. The summed E-state index contributed by atoms with van der Waals surface area (Å²) in [6.45, 7) is 0. The number of nitrogens with one attached hydrogen (secondary N) is 2. The Bertz CT molecular complexity index is 1040. The van der Waals surface area contributed by atoms with Crippen molar-refractivity contribution in [2.45, 2.75) is 12.5 Å². The highest BCUT2D eigenvalue weighted by Gasteiger charge is 2.23. The predicted octanol–water partition coefficient (Wildman–Crippen LogP) is 5.05. The molecule has 2 heterocycles. The summed E-state index contributed by atoms with van der Waals surface area (Å²) in [4.78, 5) is 21.0. The van der Waals surface area contributed by atoms with Gasteiger partial charge in [-0.15, -0.1) is 0 Å². The van der Waals surface area contributed by atoms with Crippen molar-refractivity contribution in [3.63, 3.8) is 0 Å². The van der Waals surface area contributed by atoms with Crippen LogP contribution in [0.1, 0.15) is 28.8 Å². The van der Waals surface area contributed by atoms with E-state index < -0.39 is 0 Å². The largest absolute Gasteiger partial charge is 0.459 e. The molecule has 0 aliphatic carbocycles. The maximum absolute atomic E-state index is 13.0. The highest BCUT2D eigenvalue weighted by Crippen LogP contribution is 2.26. The number of thioether (sulfide) groups is 1. The molecule has 2 aromatic carbocycles. The van der Waals surface area contributed by atoms with Crippen LogP contribution in [0, 0.1) is 0 Å². The van der Waals surface area contributed by atoms with E-state index >= 15 is 0 Å². The maximum Gasteiger partial charge on any atom is 0.288 e. The lowest BCUT2D eigenvalue weighted by Crippen LogP contribution is -2.29. The fourth-order valence-electron chi connectivity index (χ4n) is 3.20. The first-order chi connectivity index (χ1) is 13.8. The number of H-pyrrole nitrogens is 1. The van der Waals surface area contributed by atoms with Gasteiger partial charge < -0.3 is 14.7 Å². The standard InChI is InChI=1S/C22H21N3O2S/c1-28-14-12-19(21-23-17-9-5-6-10-18(17)24-21)25-22(26)20-16(11-13-27-20)15-7-3-2-4-8-15/h2-11,13,19H,12,14H2,1H3,(H,23,24)(H,25,26)/t19-/m0/s1. The van der Waals surface area contributed by atoms with Crippen molar-refractivity contribution in [3.8, 4) is 11.1 Å². The molecule has 0 radical (unpaired) electrons. The summed E-state index contributed by atoms with van der Waals surface area (Å²) in [6.07, 6.45) is 4.38. The number of nitrogens with zero attached hydrogens (tertiary/aromatic N) is 1. The van der Waals surface area contributed by atoms with Gasteiger partial charge in [0.25, 0.3) is 5.91 Å². The molecule has 0 fully saturated rings. The molecule has 5 nitrogen and oxygen atoms in total. The number of furan rings is 1. The molecule has 28 heavy (non-hydrogen) atoms. The highest BCUT2D eigenvalue weighted by atomic mass is 32.2. The third kappa shape index (κ3) is 3.82. The molecule has 0 spiro atoms. The fraction of sp³-hybridized carbons (Fsp3) is 0.182. The average Bonchev–Trinajstić information content (AvgIpc) is 3.38. The molecule has 0 saturated carbocycles. The van der Waals surface area contributed by atoms with Crippen molar-refractivity contribution < 1.29 is 9.21 Å². The summed E-state index contributed by atoms with van der Waals surface area (Å²) < 4.78 is 5.53. The first-order valence-corrected chi connectivity index (χ1v) is 10.5.